The molecule has 5 heteroatoms. The van der Waals surface area contributed by atoms with Crippen molar-refractivity contribution in [2.75, 3.05) is 0 Å². The van der Waals surface area contributed by atoms with Crippen molar-refractivity contribution in [3.63, 3.8) is 0 Å². The van der Waals surface area contributed by atoms with Crippen molar-refractivity contribution in [1.29, 1.82) is 0 Å². The summed E-state index contributed by atoms with van der Waals surface area (Å²) in [7, 11) is 0. The lowest BCUT2D eigenvalue weighted by Gasteiger charge is -2.37. The predicted octanol–water partition coefficient (Wildman–Crippen LogP) is 9.03. The van der Waals surface area contributed by atoms with Crippen molar-refractivity contribution in [3.05, 3.63) is 167 Å². The van der Waals surface area contributed by atoms with Crippen molar-refractivity contribution in [3.8, 4) is 0 Å². The highest BCUT2D eigenvalue weighted by Crippen LogP contribution is 2.56. The monoisotopic (exact) mass is 634 g/mol. The first-order chi connectivity index (χ1) is 23.4. The Morgan fingerprint density at radius 2 is 1.19 bits per heavy atom. The Hall–Kier alpha value is -5.29. The lowest BCUT2D eigenvalue weighted by atomic mass is 9.65. The highest BCUT2D eigenvalue weighted by Gasteiger charge is 2.57. The summed E-state index contributed by atoms with van der Waals surface area (Å²) in [5.74, 6) is -1.80. The van der Waals surface area contributed by atoms with E-state index in [2.05, 4.69) is 37.3 Å². The molecular formula is C43H38O5. The molecule has 0 spiro atoms. The molecule has 0 saturated heterocycles. The molecule has 0 radical (unpaired) electrons. The number of benzene rings is 5. The minimum absolute atomic E-state index is 0.0580. The lowest BCUT2D eigenvalue weighted by Crippen LogP contribution is -2.40. The van der Waals surface area contributed by atoms with Crippen LogP contribution in [0.2, 0.25) is 0 Å². The van der Waals surface area contributed by atoms with E-state index in [0.29, 0.717) is 12.0 Å². The zero-order chi connectivity index (χ0) is 33.1. The number of rotatable bonds is 9. The van der Waals surface area contributed by atoms with Crippen molar-refractivity contribution < 1.29 is 23.9 Å². The third-order valence-corrected chi connectivity index (χ3v) is 10.2. The van der Waals surface area contributed by atoms with Gasteiger partial charge in [-0.2, -0.15) is 0 Å². The molecule has 0 aromatic heterocycles. The maximum atomic E-state index is 14.4. The van der Waals surface area contributed by atoms with Crippen LogP contribution in [0, 0.1) is 17.3 Å². The van der Waals surface area contributed by atoms with Gasteiger partial charge in [-0.15, -0.1) is 0 Å². The van der Waals surface area contributed by atoms with E-state index in [1.54, 1.807) is 0 Å². The van der Waals surface area contributed by atoms with Crippen LogP contribution >= 0.6 is 0 Å². The molecule has 2 aliphatic rings. The third-order valence-electron chi connectivity index (χ3n) is 10.2. The van der Waals surface area contributed by atoms with Crippen LogP contribution in [-0.4, -0.2) is 17.7 Å². The van der Waals surface area contributed by atoms with Crippen molar-refractivity contribution >= 4 is 28.5 Å². The Morgan fingerprint density at radius 3 is 1.79 bits per heavy atom. The molecule has 7 rings (SSSR count). The number of carbonyl (C=O) groups is 3. The highest BCUT2D eigenvalue weighted by molar-refractivity contribution is 6.02. The van der Waals surface area contributed by atoms with E-state index in [-0.39, 0.29) is 49.6 Å². The van der Waals surface area contributed by atoms with Crippen molar-refractivity contribution in [1.82, 2.24) is 0 Å². The summed E-state index contributed by atoms with van der Waals surface area (Å²) >= 11 is 0. The van der Waals surface area contributed by atoms with E-state index in [1.807, 2.05) is 103 Å². The van der Waals surface area contributed by atoms with E-state index >= 15 is 0 Å². The van der Waals surface area contributed by atoms with Crippen molar-refractivity contribution in [2.24, 2.45) is 17.3 Å². The summed E-state index contributed by atoms with van der Waals surface area (Å²) in [5, 5.41) is 2.25. The van der Waals surface area contributed by atoms with E-state index in [4.69, 9.17) is 9.47 Å². The molecule has 5 aromatic carbocycles. The summed E-state index contributed by atoms with van der Waals surface area (Å²) in [6, 6.07) is 43.0. The van der Waals surface area contributed by atoms with Gasteiger partial charge in [0.2, 0.25) is 0 Å². The number of carbonyl (C=O) groups excluding carboxylic acids is 3. The SMILES string of the molecule is C[C@@H]1C2=C(C[C@H](c3ccc4ccccc4c3)[C@H]1C(=O)c1ccccc1)CC(C(=O)OCc1ccccc1)(C(=O)OCc1ccccc1)C2. The van der Waals surface area contributed by atoms with Crippen LogP contribution in [0.3, 0.4) is 0 Å². The summed E-state index contributed by atoms with van der Waals surface area (Å²) in [5.41, 5.74) is 3.94. The average Bonchev–Trinajstić information content (AvgIpc) is 3.55. The molecular weight excluding hydrogens is 596 g/mol. The number of ketones is 1. The second kappa shape index (κ2) is 13.4. The molecule has 0 fully saturated rings. The number of hydrogen-bond donors (Lipinski definition) is 0. The smallest absolute Gasteiger partial charge is 0.324 e. The molecule has 0 bridgehead atoms. The summed E-state index contributed by atoms with van der Waals surface area (Å²) in [6.45, 7) is 2.19. The number of Topliss-reactive ketones (excluding diaryl/α,β-unsaturated/α-hetero) is 1. The van der Waals surface area contributed by atoms with Gasteiger partial charge in [0, 0.05) is 11.5 Å². The van der Waals surface area contributed by atoms with Gasteiger partial charge in [-0.25, -0.2) is 0 Å². The maximum Gasteiger partial charge on any atom is 0.324 e. The normalized spacial score (nSPS) is 19.8. The van der Waals surface area contributed by atoms with Gasteiger partial charge in [0.1, 0.15) is 13.2 Å². The van der Waals surface area contributed by atoms with Crippen molar-refractivity contribution in [2.45, 2.75) is 45.3 Å². The van der Waals surface area contributed by atoms with Gasteiger partial charge in [0.25, 0.3) is 0 Å². The molecule has 240 valence electrons. The zero-order valence-corrected chi connectivity index (χ0v) is 27.0. The Kier molecular flexibility index (Phi) is 8.77. The van der Waals surface area contributed by atoms with Gasteiger partial charge in [-0.1, -0.05) is 152 Å². The molecule has 0 aliphatic heterocycles. The lowest BCUT2D eigenvalue weighted by molar-refractivity contribution is -0.173. The Labute approximate surface area is 281 Å². The first kappa shape index (κ1) is 31.3. The largest absolute Gasteiger partial charge is 0.460 e. The number of ether oxygens (including phenoxy) is 2. The summed E-state index contributed by atoms with van der Waals surface area (Å²) in [4.78, 5) is 42.7. The van der Waals surface area contributed by atoms with Crippen LogP contribution in [0.25, 0.3) is 10.8 Å². The van der Waals surface area contributed by atoms with Crippen LogP contribution < -0.4 is 0 Å². The molecule has 0 heterocycles. The molecule has 0 N–H and O–H groups in total. The quantitative estimate of drug-likeness (QED) is 0.0701. The first-order valence-corrected chi connectivity index (χ1v) is 16.6. The van der Waals surface area contributed by atoms with Crippen LogP contribution in [0.15, 0.2) is 145 Å². The van der Waals surface area contributed by atoms with Crippen LogP contribution in [-0.2, 0) is 32.3 Å². The topological polar surface area (TPSA) is 69.7 Å². The van der Waals surface area contributed by atoms with Crippen LogP contribution in [0.1, 0.15) is 59.2 Å². The number of hydrogen-bond acceptors (Lipinski definition) is 5. The zero-order valence-electron chi connectivity index (χ0n) is 27.0. The summed E-state index contributed by atoms with van der Waals surface area (Å²) < 4.78 is 11.8. The minimum Gasteiger partial charge on any atom is -0.460 e. The number of allylic oxidation sites excluding steroid dienone is 2. The van der Waals surface area contributed by atoms with Gasteiger partial charge in [-0.05, 0) is 58.6 Å². The average molecular weight is 635 g/mol. The number of esters is 2. The number of fused-ring (bicyclic) bond motifs is 1. The maximum absolute atomic E-state index is 14.4. The van der Waals surface area contributed by atoms with Gasteiger partial charge in [-0.3, -0.25) is 14.4 Å². The van der Waals surface area contributed by atoms with E-state index in [9.17, 15) is 14.4 Å². The van der Waals surface area contributed by atoms with E-state index < -0.39 is 17.4 Å². The Morgan fingerprint density at radius 1 is 0.646 bits per heavy atom. The fraction of sp³-hybridized carbons (Fsp3) is 0.233. The van der Waals surface area contributed by atoms with E-state index in [0.717, 1.165) is 38.6 Å². The predicted molar refractivity (Wildman–Crippen MR) is 186 cm³/mol. The molecule has 48 heavy (non-hydrogen) atoms. The first-order valence-electron chi connectivity index (χ1n) is 16.6. The standard InChI is InChI=1S/C43H38O5/c1-29-38-26-43(41(45)47-27-30-13-5-2-6-14-30,42(46)48-28-31-15-7-3-8-16-31)25-36(38)24-37(39(29)40(44)33-18-9-4-10-19-33)35-22-21-32-17-11-12-20-34(32)23-35/h2-23,29,37,39H,24-28H2,1H3/t29-,37-,39+/m1/s1. The summed E-state index contributed by atoms with van der Waals surface area (Å²) in [6.07, 6.45) is 0.957. The molecule has 0 unspecified atom stereocenters. The highest BCUT2D eigenvalue weighted by atomic mass is 16.6. The fourth-order valence-electron chi connectivity index (χ4n) is 7.70. The van der Waals surface area contributed by atoms with Gasteiger partial charge >= 0.3 is 11.9 Å². The molecule has 5 aromatic rings. The van der Waals surface area contributed by atoms with Gasteiger partial charge < -0.3 is 9.47 Å². The third kappa shape index (κ3) is 6.09. The van der Waals surface area contributed by atoms with Gasteiger partial charge in [0.15, 0.2) is 11.2 Å². The molecule has 0 saturated carbocycles. The second-order valence-corrected chi connectivity index (χ2v) is 13.1. The van der Waals surface area contributed by atoms with Gasteiger partial charge in [0.05, 0.1) is 0 Å². The van der Waals surface area contributed by atoms with Crippen LogP contribution in [0.5, 0.6) is 0 Å². The van der Waals surface area contributed by atoms with Crippen LogP contribution in [0.4, 0.5) is 0 Å². The molecule has 0 amide bonds. The second-order valence-electron chi connectivity index (χ2n) is 13.1. The molecule has 3 atom stereocenters. The van der Waals surface area contributed by atoms with E-state index in [1.165, 1.54) is 0 Å². The Balaban J connectivity index is 1.24. The molecule has 5 nitrogen and oxygen atoms in total. The Bertz CT molecular complexity index is 1920. The fourth-order valence-corrected chi connectivity index (χ4v) is 7.70. The molecule has 2 aliphatic carbocycles. The minimum atomic E-state index is -1.53.